The molecule has 0 unspecified atom stereocenters. The number of halogens is 1. The van der Waals surface area contributed by atoms with Crippen LogP contribution < -0.4 is 11.1 Å². The van der Waals surface area contributed by atoms with E-state index >= 15 is 0 Å². The Morgan fingerprint density at radius 2 is 1.88 bits per heavy atom. The first-order valence-corrected chi connectivity index (χ1v) is 8.31. The number of hydrogen-bond acceptors (Lipinski definition) is 3. The van der Waals surface area contributed by atoms with Crippen molar-refractivity contribution in [3.8, 4) is 0 Å². The molecular formula is C18H30ClN3O2. The van der Waals surface area contributed by atoms with Crippen molar-refractivity contribution in [3.63, 3.8) is 0 Å². The van der Waals surface area contributed by atoms with Gasteiger partial charge in [0.05, 0.1) is 6.54 Å². The summed E-state index contributed by atoms with van der Waals surface area (Å²) < 4.78 is 0. The van der Waals surface area contributed by atoms with Crippen LogP contribution in [0.3, 0.4) is 0 Å². The predicted molar refractivity (Wildman–Crippen MR) is 99.9 cm³/mol. The first-order chi connectivity index (χ1) is 11.0. The molecule has 0 atom stereocenters. The van der Waals surface area contributed by atoms with Gasteiger partial charge in [0, 0.05) is 19.5 Å². The Kier molecular flexibility index (Phi) is 11.9. The zero-order valence-corrected chi connectivity index (χ0v) is 15.5. The molecule has 0 radical (unpaired) electrons. The van der Waals surface area contributed by atoms with Crippen molar-refractivity contribution in [2.24, 2.45) is 11.7 Å². The van der Waals surface area contributed by atoms with E-state index in [1.54, 1.807) is 4.90 Å². The van der Waals surface area contributed by atoms with Gasteiger partial charge in [-0.3, -0.25) is 9.59 Å². The largest absolute Gasteiger partial charge is 0.347 e. The lowest BCUT2D eigenvalue weighted by molar-refractivity contribution is -0.133. The third kappa shape index (κ3) is 9.53. The minimum absolute atomic E-state index is 0. The summed E-state index contributed by atoms with van der Waals surface area (Å²) in [6.45, 7) is 5.89. The second kappa shape index (κ2) is 12.8. The number of carbonyl (C=O) groups is 2. The second-order valence-corrected chi connectivity index (χ2v) is 6.15. The molecule has 24 heavy (non-hydrogen) atoms. The summed E-state index contributed by atoms with van der Waals surface area (Å²) in [6.07, 6.45) is 2.05. The van der Waals surface area contributed by atoms with E-state index in [0.29, 0.717) is 32.0 Å². The second-order valence-electron chi connectivity index (χ2n) is 6.15. The molecule has 136 valence electrons. The summed E-state index contributed by atoms with van der Waals surface area (Å²) >= 11 is 0. The molecule has 1 rings (SSSR count). The Bertz CT molecular complexity index is 480. The molecule has 0 heterocycles. The van der Waals surface area contributed by atoms with Crippen molar-refractivity contribution in [2.75, 3.05) is 19.6 Å². The van der Waals surface area contributed by atoms with E-state index in [2.05, 4.69) is 19.2 Å². The molecule has 0 fully saturated rings. The maximum absolute atomic E-state index is 12.4. The number of nitrogens with zero attached hydrogens (tertiary/aromatic N) is 1. The van der Waals surface area contributed by atoms with Crippen LogP contribution in [0.4, 0.5) is 0 Å². The Labute approximate surface area is 151 Å². The van der Waals surface area contributed by atoms with E-state index in [9.17, 15) is 9.59 Å². The van der Waals surface area contributed by atoms with Gasteiger partial charge in [-0.25, -0.2) is 0 Å². The number of benzene rings is 1. The van der Waals surface area contributed by atoms with Gasteiger partial charge >= 0.3 is 0 Å². The molecule has 0 aliphatic carbocycles. The summed E-state index contributed by atoms with van der Waals surface area (Å²) in [5, 5.41) is 2.72. The lowest BCUT2D eigenvalue weighted by Gasteiger charge is -2.23. The molecule has 0 aliphatic rings. The maximum atomic E-state index is 12.4. The van der Waals surface area contributed by atoms with Crippen LogP contribution in [0.15, 0.2) is 30.3 Å². The summed E-state index contributed by atoms with van der Waals surface area (Å²) in [7, 11) is 0. The SMILES string of the molecule is CC(C)CCC(=O)NCC(=O)N(CCCN)Cc1ccccc1.Cl. The molecule has 1 aromatic rings. The van der Waals surface area contributed by atoms with Crippen LogP contribution in [-0.2, 0) is 16.1 Å². The Hall–Kier alpha value is -1.59. The normalized spacial score (nSPS) is 10.2. The van der Waals surface area contributed by atoms with Gasteiger partial charge in [0.1, 0.15) is 0 Å². The molecule has 0 saturated heterocycles. The molecule has 2 amide bonds. The number of carbonyl (C=O) groups excluding carboxylic acids is 2. The van der Waals surface area contributed by atoms with Crippen molar-refractivity contribution in [1.82, 2.24) is 10.2 Å². The van der Waals surface area contributed by atoms with E-state index in [-0.39, 0.29) is 30.8 Å². The first-order valence-electron chi connectivity index (χ1n) is 8.31. The Morgan fingerprint density at radius 3 is 2.46 bits per heavy atom. The lowest BCUT2D eigenvalue weighted by Crippen LogP contribution is -2.40. The molecule has 1 aromatic carbocycles. The van der Waals surface area contributed by atoms with Crippen LogP contribution in [0.2, 0.25) is 0 Å². The van der Waals surface area contributed by atoms with Crippen LogP contribution in [0.5, 0.6) is 0 Å². The third-order valence-electron chi connectivity index (χ3n) is 3.59. The molecule has 0 bridgehead atoms. The summed E-state index contributed by atoms with van der Waals surface area (Å²) in [4.78, 5) is 25.9. The van der Waals surface area contributed by atoms with E-state index in [4.69, 9.17) is 5.73 Å². The summed E-state index contributed by atoms with van der Waals surface area (Å²) in [5.74, 6) is 0.348. The van der Waals surface area contributed by atoms with Crippen molar-refractivity contribution in [1.29, 1.82) is 0 Å². The van der Waals surface area contributed by atoms with Crippen LogP contribution in [0.25, 0.3) is 0 Å². The monoisotopic (exact) mass is 355 g/mol. The fraction of sp³-hybridized carbons (Fsp3) is 0.556. The predicted octanol–water partition coefficient (Wildman–Crippen LogP) is 2.34. The van der Waals surface area contributed by atoms with Gasteiger partial charge < -0.3 is 16.0 Å². The fourth-order valence-corrected chi connectivity index (χ4v) is 2.17. The number of hydrogen-bond donors (Lipinski definition) is 2. The zero-order valence-electron chi connectivity index (χ0n) is 14.7. The molecular weight excluding hydrogens is 326 g/mol. The average Bonchev–Trinajstić information content (AvgIpc) is 2.55. The van der Waals surface area contributed by atoms with Crippen LogP contribution >= 0.6 is 12.4 Å². The molecule has 0 saturated carbocycles. The van der Waals surface area contributed by atoms with Crippen molar-refractivity contribution < 1.29 is 9.59 Å². The van der Waals surface area contributed by atoms with Gasteiger partial charge in [-0.05, 0) is 30.9 Å². The molecule has 3 N–H and O–H groups in total. The number of nitrogens with two attached hydrogens (primary N) is 1. The zero-order chi connectivity index (χ0) is 17.1. The third-order valence-corrected chi connectivity index (χ3v) is 3.59. The highest BCUT2D eigenvalue weighted by molar-refractivity contribution is 5.85. The van der Waals surface area contributed by atoms with Gasteiger partial charge in [-0.1, -0.05) is 44.2 Å². The Morgan fingerprint density at radius 1 is 1.21 bits per heavy atom. The highest BCUT2D eigenvalue weighted by atomic mass is 35.5. The lowest BCUT2D eigenvalue weighted by atomic mass is 10.1. The smallest absolute Gasteiger partial charge is 0.242 e. The first kappa shape index (κ1) is 22.4. The average molecular weight is 356 g/mol. The van der Waals surface area contributed by atoms with Gasteiger partial charge in [-0.15, -0.1) is 12.4 Å². The van der Waals surface area contributed by atoms with Gasteiger partial charge in [0.15, 0.2) is 0 Å². The molecule has 0 spiro atoms. The molecule has 0 aliphatic heterocycles. The van der Waals surface area contributed by atoms with Gasteiger partial charge in [0.2, 0.25) is 11.8 Å². The highest BCUT2D eigenvalue weighted by Gasteiger charge is 2.14. The standard InChI is InChI=1S/C18H29N3O2.ClH/c1-15(2)9-10-17(22)20-13-18(23)21(12-6-11-19)14-16-7-4-3-5-8-16;/h3-5,7-8,15H,6,9-14,19H2,1-2H3,(H,20,22);1H. The van der Waals surface area contributed by atoms with Gasteiger partial charge in [0.25, 0.3) is 0 Å². The summed E-state index contributed by atoms with van der Waals surface area (Å²) in [5.41, 5.74) is 6.63. The number of rotatable bonds is 10. The molecule has 0 aromatic heterocycles. The van der Waals surface area contributed by atoms with E-state index in [1.807, 2.05) is 30.3 Å². The van der Waals surface area contributed by atoms with Crippen molar-refractivity contribution >= 4 is 24.2 Å². The van der Waals surface area contributed by atoms with Crippen LogP contribution in [0.1, 0.15) is 38.7 Å². The van der Waals surface area contributed by atoms with E-state index < -0.39 is 0 Å². The van der Waals surface area contributed by atoms with E-state index in [1.165, 1.54) is 0 Å². The van der Waals surface area contributed by atoms with Crippen molar-refractivity contribution in [2.45, 2.75) is 39.7 Å². The van der Waals surface area contributed by atoms with Crippen molar-refractivity contribution in [3.05, 3.63) is 35.9 Å². The Balaban J connectivity index is 0.00000529. The quantitative estimate of drug-likeness (QED) is 0.676. The van der Waals surface area contributed by atoms with Crippen LogP contribution in [0, 0.1) is 5.92 Å². The van der Waals surface area contributed by atoms with Gasteiger partial charge in [-0.2, -0.15) is 0 Å². The molecule has 5 nitrogen and oxygen atoms in total. The molecule has 6 heteroatoms. The number of nitrogens with one attached hydrogen (secondary N) is 1. The number of amides is 2. The highest BCUT2D eigenvalue weighted by Crippen LogP contribution is 2.06. The maximum Gasteiger partial charge on any atom is 0.242 e. The topological polar surface area (TPSA) is 75.4 Å². The fourth-order valence-electron chi connectivity index (χ4n) is 2.17. The minimum Gasteiger partial charge on any atom is -0.347 e. The summed E-state index contributed by atoms with van der Waals surface area (Å²) in [6, 6.07) is 9.83. The minimum atomic E-state index is -0.0693. The van der Waals surface area contributed by atoms with Crippen LogP contribution in [-0.4, -0.2) is 36.3 Å². The van der Waals surface area contributed by atoms with E-state index in [0.717, 1.165) is 18.4 Å².